The average Bonchev–Trinajstić information content (AvgIpc) is 3.14. The molecule has 9 nitrogen and oxygen atoms in total. The van der Waals surface area contributed by atoms with Crippen LogP contribution >= 0.6 is 7.82 Å². The minimum absolute atomic E-state index is 0.0463. The molecule has 2 unspecified atom stereocenters. The van der Waals surface area contributed by atoms with Crippen LogP contribution in [0, 0.1) is 0 Å². The maximum Gasteiger partial charge on any atom is 0.472 e. The fraction of sp³-hybridized carbons (Fsp3) is 0.814. The first-order chi connectivity index (χ1) is 25.8. The summed E-state index contributed by atoms with van der Waals surface area (Å²) in [6.45, 7) is 3.68. The minimum Gasteiger partial charge on any atom is -0.462 e. The zero-order valence-corrected chi connectivity index (χ0v) is 34.9. The molecule has 3 N–H and O–H groups in total. The molecule has 0 bridgehead atoms. The van der Waals surface area contributed by atoms with Gasteiger partial charge in [-0.05, 0) is 44.9 Å². The molecule has 0 heterocycles. The van der Waals surface area contributed by atoms with E-state index in [0.29, 0.717) is 6.42 Å². The second-order valence-corrected chi connectivity index (χ2v) is 15.7. The number of phosphoric acid groups is 1. The number of carbonyl (C=O) groups excluding carboxylic acids is 2. The number of esters is 2. The van der Waals surface area contributed by atoms with Crippen LogP contribution in [0.2, 0.25) is 0 Å². The Hall–Kier alpha value is -1.77. The first-order valence-electron chi connectivity index (χ1n) is 21.5. The topological polar surface area (TPSA) is 134 Å². The smallest absolute Gasteiger partial charge is 0.462 e. The van der Waals surface area contributed by atoms with E-state index >= 15 is 0 Å². The lowest BCUT2D eigenvalue weighted by atomic mass is 10.0. The molecule has 0 aliphatic heterocycles. The van der Waals surface area contributed by atoms with E-state index in [1.807, 2.05) is 6.08 Å². The van der Waals surface area contributed by atoms with Crippen LogP contribution in [0.15, 0.2) is 36.5 Å². The third-order valence-electron chi connectivity index (χ3n) is 9.03. The zero-order chi connectivity index (χ0) is 38.9. The van der Waals surface area contributed by atoms with Crippen molar-refractivity contribution in [1.29, 1.82) is 0 Å². The molecule has 0 aliphatic rings. The third-order valence-corrected chi connectivity index (χ3v) is 10.0. The fourth-order valence-electron chi connectivity index (χ4n) is 5.83. The summed E-state index contributed by atoms with van der Waals surface area (Å²) < 4.78 is 32.7. The number of carbonyl (C=O) groups is 2. The summed E-state index contributed by atoms with van der Waals surface area (Å²) in [5, 5.41) is 0. The van der Waals surface area contributed by atoms with E-state index in [2.05, 4.69) is 44.2 Å². The number of hydrogen-bond acceptors (Lipinski definition) is 8. The third kappa shape index (κ3) is 39.7. The van der Waals surface area contributed by atoms with Gasteiger partial charge in [0.25, 0.3) is 0 Å². The van der Waals surface area contributed by atoms with Crippen LogP contribution in [0.25, 0.3) is 0 Å². The molecular formula is C43H80NO8P. The maximum atomic E-state index is 12.5. The van der Waals surface area contributed by atoms with E-state index in [-0.39, 0.29) is 32.6 Å². The van der Waals surface area contributed by atoms with Gasteiger partial charge in [0.05, 0.1) is 13.2 Å². The summed E-state index contributed by atoms with van der Waals surface area (Å²) >= 11 is 0. The SMILES string of the molecule is CCCCCCCCC=CCC=CCC=CCCCC(=O)OC(COC(=O)CCCCCCCCCCCCCCCCC)COP(=O)(O)OCCN. The molecule has 2 atom stereocenters. The predicted octanol–water partition coefficient (Wildman–Crippen LogP) is 12.2. The van der Waals surface area contributed by atoms with Crippen molar-refractivity contribution in [2.24, 2.45) is 5.73 Å². The molecule has 0 aromatic rings. The van der Waals surface area contributed by atoms with Crippen molar-refractivity contribution in [3.8, 4) is 0 Å². The fourth-order valence-corrected chi connectivity index (χ4v) is 6.59. The monoisotopic (exact) mass is 770 g/mol. The Morgan fingerprint density at radius 1 is 0.566 bits per heavy atom. The molecule has 10 heteroatoms. The second-order valence-electron chi connectivity index (χ2n) is 14.2. The minimum atomic E-state index is -4.39. The predicted molar refractivity (Wildman–Crippen MR) is 220 cm³/mol. The second kappa shape index (κ2) is 39.9. The molecule has 0 saturated heterocycles. The van der Waals surface area contributed by atoms with E-state index in [0.717, 1.165) is 44.9 Å². The highest BCUT2D eigenvalue weighted by atomic mass is 31.2. The van der Waals surface area contributed by atoms with E-state index in [1.165, 1.54) is 116 Å². The Labute approximate surface area is 324 Å². The first-order valence-corrected chi connectivity index (χ1v) is 23.0. The molecule has 53 heavy (non-hydrogen) atoms. The van der Waals surface area contributed by atoms with Gasteiger partial charge in [-0.25, -0.2) is 4.57 Å². The summed E-state index contributed by atoms with van der Waals surface area (Å²) in [5.74, 6) is -0.885. The Kier molecular flexibility index (Phi) is 38.6. The summed E-state index contributed by atoms with van der Waals surface area (Å²) in [5.41, 5.74) is 5.34. The van der Waals surface area contributed by atoms with Gasteiger partial charge in [-0.2, -0.15) is 0 Å². The highest BCUT2D eigenvalue weighted by Crippen LogP contribution is 2.43. The number of unbranched alkanes of at least 4 members (excludes halogenated alkanes) is 21. The van der Waals surface area contributed by atoms with Crippen molar-refractivity contribution in [3.63, 3.8) is 0 Å². The van der Waals surface area contributed by atoms with Crippen LogP contribution < -0.4 is 5.73 Å². The molecular weight excluding hydrogens is 689 g/mol. The molecule has 0 fully saturated rings. The molecule has 0 saturated carbocycles. The van der Waals surface area contributed by atoms with Crippen molar-refractivity contribution in [2.45, 2.75) is 200 Å². The van der Waals surface area contributed by atoms with E-state index in [1.54, 1.807) is 0 Å². The van der Waals surface area contributed by atoms with Crippen LogP contribution in [-0.4, -0.2) is 49.3 Å². The van der Waals surface area contributed by atoms with Crippen LogP contribution in [0.5, 0.6) is 0 Å². The molecule has 0 aromatic heterocycles. The first kappa shape index (κ1) is 51.2. The number of allylic oxidation sites excluding steroid dienone is 6. The summed E-state index contributed by atoms with van der Waals surface area (Å²) in [4.78, 5) is 34.8. The van der Waals surface area contributed by atoms with Gasteiger partial charge in [-0.3, -0.25) is 18.6 Å². The number of ether oxygens (including phenoxy) is 2. The van der Waals surface area contributed by atoms with E-state index < -0.39 is 32.5 Å². The van der Waals surface area contributed by atoms with E-state index in [9.17, 15) is 19.0 Å². The maximum absolute atomic E-state index is 12.5. The standard InChI is InChI=1S/C43H80NO8P/c1-3-5-7-9-11-13-15-17-19-20-22-24-26-28-30-32-34-36-43(46)52-41(40-51-53(47,48)50-38-37-44)39-49-42(45)35-33-31-29-27-25-23-21-18-16-14-12-10-8-6-4-2/h17,19,22,24,28,30,41H,3-16,18,20-21,23,25-27,29,31-40,44H2,1-2H3,(H,47,48). The quantitative estimate of drug-likeness (QED) is 0.0270. The van der Waals surface area contributed by atoms with Crippen LogP contribution in [0.4, 0.5) is 0 Å². The van der Waals surface area contributed by atoms with Crippen LogP contribution in [-0.2, 0) is 32.7 Å². The Balaban J connectivity index is 4.24. The van der Waals surface area contributed by atoms with Gasteiger partial charge >= 0.3 is 19.8 Å². The summed E-state index contributed by atoms with van der Waals surface area (Å²) in [6, 6.07) is 0. The lowest BCUT2D eigenvalue weighted by Gasteiger charge is -2.19. The van der Waals surface area contributed by atoms with Gasteiger partial charge in [-0.1, -0.05) is 172 Å². The number of rotatable bonds is 40. The highest BCUT2D eigenvalue weighted by molar-refractivity contribution is 7.47. The van der Waals surface area contributed by atoms with Crippen molar-refractivity contribution in [3.05, 3.63) is 36.5 Å². The lowest BCUT2D eigenvalue weighted by Crippen LogP contribution is -2.29. The molecule has 0 rings (SSSR count). The van der Waals surface area contributed by atoms with Gasteiger partial charge in [0, 0.05) is 19.4 Å². The number of hydrogen-bond donors (Lipinski definition) is 2. The molecule has 0 spiro atoms. The molecule has 0 aromatic carbocycles. The Bertz CT molecular complexity index is 970. The van der Waals surface area contributed by atoms with Crippen LogP contribution in [0.3, 0.4) is 0 Å². The lowest BCUT2D eigenvalue weighted by molar-refractivity contribution is -0.161. The highest BCUT2D eigenvalue weighted by Gasteiger charge is 2.25. The largest absolute Gasteiger partial charge is 0.472 e. The zero-order valence-electron chi connectivity index (χ0n) is 34.0. The molecule has 310 valence electrons. The van der Waals surface area contributed by atoms with Crippen molar-refractivity contribution >= 4 is 19.8 Å². The van der Waals surface area contributed by atoms with Crippen molar-refractivity contribution < 1.29 is 37.6 Å². The summed E-state index contributed by atoms with van der Waals surface area (Å²) in [6.07, 6.45) is 43.2. The average molecular weight is 770 g/mol. The van der Waals surface area contributed by atoms with Crippen molar-refractivity contribution in [1.82, 2.24) is 0 Å². The number of phosphoric ester groups is 1. The Morgan fingerprint density at radius 2 is 1.00 bits per heavy atom. The molecule has 0 aliphatic carbocycles. The molecule has 0 amide bonds. The van der Waals surface area contributed by atoms with Gasteiger partial charge in [0.1, 0.15) is 6.61 Å². The molecule has 0 radical (unpaired) electrons. The number of nitrogens with two attached hydrogens (primary N) is 1. The Morgan fingerprint density at radius 3 is 1.51 bits per heavy atom. The van der Waals surface area contributed by atoms with Gasteiger partial charge in [0.2, 0.25) is 0 Å². The van der Waals surface area contributed by atoms with Gasteiger partial charge in [0.15, 0.2) is 6.10 Å². The van der Waals surface area contributed by atoms with Crippen molar-refractivity contribution in [2.75, 3.05) is 26.4 Å². The van der Waals surface area contributed by atoms with Crippen LogP contribution in [0.1, 0.15) is 194 Å². The summed E-state index contributed by atoms with van der Waals surface area (Å²) in [7, 11) is -4.39. The van der Waals surface area contributed by atoms with E-state index in [4.69, 9.17) is 24.3 Å². The van der Waals surface area contributed by atoms with Gasteiger partial charge in [-0.15, -0.1) is 0 Å². The normalized spacial score (nSPS) is 13.7. The van der Waals surface area contributed by atoms with Gasteiger partial charge < -0.3 is 20.1 Å².